The monoisotopic (exact) mass is 338 g/mol. The Labute approximate surface area is 127 Å². The highest BCUT2D eigenvalue weighted by Crippen LogP contribution is 2.22. The van der Waals surface area contributed by atoms with Crippen LogP contribution < -0.4 is 0 Å². The summed E-state index contributed by atoms with van der Waals surface area (Å²) >= 11 is 3.46. The van der Waals surface area contributed by atoms with Crippen LogP contribution in [0.2, 0.25) is 0 Å². The van der Waals surface area contributed by atoms with E-state index in [2.05, 4.69) is 21.1 Å². The number of amides is 1. The molecule has 0 spiro atoms. The van der Waals surface area contributed by atoms with E-state index in [1.165, 1.54) is 0 Å². The molecule has 1 aliphatic heterocycles. The molecule has 1 atom stereocenters. The van der Waals surface area contributed by atoms with Crippen molar-refractivity contribution in [1.82, 2.24) is 4.90 Å². The Kier molecular flexibility index (Phi) is 4.81. The lowest BCUT2D eigenvalue weighted by molar-refractivity contribution is 0.0729. The van der Waals surface area contributed by atoms with E-state index >= 15 is 0 Å². The molecule has 1 fully saturated rings. The lowest BCUT2D eigenvalue weighted by Crippen LogP contribution is -2.44. The maximum Gasteiger partial charge on any atom is 0.253 e. The molecule has 20 heavy (non-hydrogen) atoms. The number of halogens is 1. The molecule has 1 saturated heterocycles. The zero-order valence-corrected chi connectivity index (χ0v) is 13.4. The van der Waals surface area contributed by atoms with Crippen LogP contribution in [-0.4, -0.2) is 34.8 Å². The highest BCUT2D eigenvalue weighted by molar-refractivity contribution is 9.10. The minimum atomic E-state index is 0.0427. The quantitative estimate of drug-likeness (QED) is 0.663. The summed E-state index contributed by atoms with van der Waals surface area (Å²) in [4.78, 5) is 14.4. The van der Waals surface area contributed by atoms with Gasteiger partial charge in [-0.05, 0) is 31.0 Å². The smallest absolute Gasteiger partial charge is 0.253 e. The maximum atomic E-state index is 12.5. The van der Waals surface area contributed by atoms with E-state index < -0.39 is 0 Å². The van der Waals surface area contributed by atoms with Crippen LogP contribution in [0.25, 0.3) is 0 Å². The van der Waals surface area contributed by atoms with Crippen molar-refractivity contribution in [2.45, 2.75) is 26.7 Å². The highest BCUT2D eigenvalue weighted by atomic mass is 79.9. The molecular weight excluding hydrogens is 320 g/mol. The van der Waals surface area contributed by atoms with Crippen LogP contribution in [-0.2, 0) is 0 Å². The van der Waals surface area contributed by atoms with Crippen LogP contribution >= 0.6 is 15.9 Å². The minimum Gasteiger partial charge on any atom is -0.411 e. The number of piperidine rings is 1. The van der Waals surface area contributed by atoms with Gasteiger partial charge in [-0.1, -0.05) is 34.1 Å². The topological polar surface area (TPSA) is 52.9 Å². The zero-order chi connectivity index (χ0) is 14.7. The molecule has 1 aliphatic rings. The lowest BCUT2D eigenvalue weighted by Gasteiger charge is -2.33. The van der Waals surface area contributed by atoms with E-state index in [-0.39, 0.29) is 11.8 Å². The fraction of sp³-hybridized carbons (Fsp3) is 0.467. The van der Waals surface area contributed by atoms with Gasteiger partial charge in [0.2, 0.25) is 0 Å². The first-order valence-electron chi connectivity index (χ1n) is 6.83. The molecule has 0 saturated carbocycles. The predicted octanol–water partition coefficient (Wildman–Crippen LogP) is 3.46. The number of rotatable bonds is 2. The number of hydrogen-bond donors (Lipinski definition) is 1. The average molecular weight is 339 g/mol. The molecule has 4 nitrogen and oxygen atoms in total. The van der Waals surface area contributed by atoms with Crippen LogP contribution in [0.5, 0.6) is 0 Å². The van der Waals surface area contributed by atoms with Gasteiger partial charge in [0.15, 0.2) is 0 Å². The third kappa shape index (κ3) is 3.03. The first-order chi connectivity index (χ1) is 9.56. The third-order valence-corrected chi connectivity index (χ3v) is 4.73. The first-order valence-corrected chi connectivity index (χ1v) is 7.62. The van der Waals surface area contributed by atoms with Crippen molar-refractivity contribution in [2.75, 3.05) is 13.1 Å². The molecule has 1 aromatic carbocycles. The van der Waals surface area contributed by atoms with E-state index in [0.29, 0.717) is 25.1 Å². The second kappa shape index (κ2) is 6.39. The molecule has 1 N–H and O–H groups in total. The fourth-order valence-electron chi connectivity index (χ4n) is 2.51. The molecule has 1 amide bonds. The molecule has 0 radical (unpaired) electrons. The molecule has 2 rings (SSSR count). The van der Waals surface area contributed by atoms with E-state index in [1.54, 1.807) is 0 Å². The van der Waals surface area contributed by atoms with Gasteiger partial charge in [0.25, 0.3) is 5.91 Å². The van der Waals surface area contributed by atoms with Gasteiger partial charge in [-0.3, -0.25) is 4.79 Å². The van der Waals surface area contributed by atoms with Crippen molar-refractivity contribution in [3.63, 3.8) is 0 Å². The number of likely N-dealkylation sites (tertiary alicyclic amines) is 1. The molecule has 1 unspecified atom stereocenters. The standard InChI is InChI=1S/C15H19BrN2O2/c1-3-11-9-18(7-6-14(11)17-20)15(19)12-5-4-10(2)13(16)8-12/h4-5,8,11,20H,3,6-7,9H2,1-2H3/b17-14+. The van der Waals surface area contributed by atoms with Crippen molar-refractivity contribution < 1.29 is 10.0 Å². The van der Waals surface area contributed by atoms with Gasteiger partial charge in [-0.15, -0.1) is 0 Å². The predicted molar refractivity (Wildman–Crippen MR) is 82.4 cm³/mol. The third-order valence-electron chi connectivity index (χ3n) is 3.88. The summed E-state index contributed by atoms with van der Waals surface area (Å²) in [5.74, 6) is 0.202. The van der Waals surface area contributed by atoms with E-state index in [0.717, 1.165) is 22.2 Å². The number of hydrogen-bond acceptors (Lipinski definition) is 3. The largest absolute Gasteiger partial charge is 0.411 e. The summed E-state index contributed by atoms with van der Waals surface area (Å²) < 4.78 is 0.949. The molecule has 5 heteroatoms. The minimum absolute atomic E-state index is 0.0427. The van der Waals surface area contributed by atoms with Gasteiger partial charge in [0.1, 0.15) is 0 Å². The van der Waals surface area contributed by atoms with Gasteiger partial charge in [0.05, 0.1) is 5.71 Å². The second-order valence-electron chi connectivity index (χ2n) is 5.16. The number of carbonyl (C=O) groups excluding carboxylic acids is 1. The van der Waals surface area contributed by atoms with Gasteiger partial charge in [-0.2, -0.15) is 0 Å². The van der Waals surface area contributed by atoms with Crippen molar-refractivity contribution >= 4 is 27.5 Å². The molecule has 0 aliphatic carbocycles. The summed E-state index contributed by atoms with van der Waals surface area (Å²) in [6.45, 7) is 5.28. The molecular formula is C15H19BrN2O2. The average Bonchev–Trinajstić information content (AvgIpc) is 2.48. The van der Waals surface area contributed by atoms with Crippen molar-refractivity contribution in [2.24, 2.45) is 11.1 Å². The number of carbonyl (C=O) groups is 1. The van der Waals surface area contributed by atoms with Crippen LogP contribution in [0.3, 0.4) is 0 Å². The summed E-state index contributed by atoms with van der Waals surface area (Å²) in [7, 11) is 0. The van der Waals surface area contributed by atoms with Crippen molar-refractivity contribution in [3.05, 3.63) is 33.8 Å². The summed E-state index contributed by atoms with van der Waals surface area (Å²) in [6.07, 6.45) is 1.52. The number of aryl methyl sites for hydroxylation is 1. The Balaban J connectivity index is 2.15. The molecule has 0 bridgehead atoms. The number of benzene rings is 1. The van der Waals surface area contributed by atoms with Crippen LogP contribution in [0.15, 0.2) is 27.8 Å². The Hall–Kier alpha value is -1.36. The highest BCUT2D eigenvalue weighted by Gasteiger charge is 2.28. The number of nitrogens with zero attached hydrogens (tertiary/aromatic N) is 2. The van der Waals surface area contributed by atoms with Crippen molar-refractivity contribution in [3.8, 4) is 0 Å². The lowest BCUT2D eigenvalue weighted by atomic mass is 9.93. The van der Waals surface area contributed by atoms with E-state index in [4.69, 9.17) is 5.21 Å². The number of oxime groups is 1. The Bertz CT molecular complexity index is 543. The summed E-state index contributed by atoms with van der Waals surface area (Å²) in [5.41, 5.74) is 2.62. The summed E-state index contributed by atoms with van der Waals surface area (Å²) in [6, 6.07) is 5.67. The second-order valence-corrected chi connectivity index (χ2v) is 6.02. The molecule has 0 aromatic heterocycles. The Morgan fingerprint density at radius 2 is 2.30 bits per heavy atom. The molecule has 108 valence electrons. The molecule has 1 heterocycles. The van der Waals surface area contributed by atoms with Gasteiger partial charge >= 0.3 is 0 Å². The molecule has 1 aromatic rings. The van der Waals surface area contributed by atoms with Crippen molar-refractivity contribution in [1.29, 1.82) is 0 Å². The van der Waals surface area contributed by atoms with Crippen LogP contribution in [0.1, 0.15) is 35.7 Å². The van der Waals surface area contributed by atoms with E-state index in [9.17, 15) is 4.79 Å². The van der Waals surface area contributed by atoms with Gasteiger partial charge in [0, 0.05) is 35.5 Å². The van der Waals surface area contributed by atoms with Gasteiger partial charge < -0.3 is 10.1 Å². The first kappa shape index (κ1) is 15.0. The maximum absolute atomic E-state index is 12.5. The Morgan fingerprint density at radius 1 is 1.55 bits per heavy atom. The normalized spacial score (nSPS) is 21.2. The fourth-order valence-corrected chi connectivity index (χ4v) is 2.88. The van der Waals surface area contributed by atoms with Crippen LogP contribution in [0, 0.1) is 12.8 Å². The Morgan fingerprint density at radius 3 is 2.90 bits per heavy atom. The summed E-state index contributed by atoms with van der Waals surface area (Å²) in [5, 5.41) is 12.3. The van der Waals surface area contributed by atoms with E-state index in [1.807, 2.05) is 36.9 Å². The van der Waals surface area contributed by atoms with Crippen LogP contribution in [0.4, 0.5) is 0 Å². The SMILES string of the molecule is CCC1CN(C(=O)c2ccc(C)c(Br)c2)CC/C1=N\O. The zero-order valence-electron chi connectivity index (χ0n) is 11.8. The van der Waals surface area contributed by atoms with Gasteiger partial charge in [-0.25, -0.2) is 0 Å².